The molecule has 1 aromatic rings. The van der Waals surface area contributed by atoms with Crippen LogP contribution in [0.3, 0.4) is 0 Å². The lowest BCUT2D eigenvalue weighted by Crippen LogP contribution is -2.44. The number of Topliss-reactive ketones (excluding diaryl/α,β-unsaturated/α-hetero) is 1. The van der Waals surface area contributed by atoms with E-state index in [-0.39, 0.29) is 17.4 Å². The van der Waals surface area contributed by atoms with E-state index in [1.165, 1.54) is 6.07 Å². The van der Waals surface area contributed by atoms with Gasteiger partial charge in [0.15, 0.2) is 5.78 Å². The van der Waals surface area contributed by atoms with Crippen LogP contribution < -0.4 is 0 Å². The highest BCUT2D eigenvalue weighted by Crippen LogP contribution is 2.17. The summed E-state index contributed by atoms with van der Waals surface area (Å²) in [5, 5.41) is 0. The van der Waals surface area contributed by atoms with Crippen LogP contribution in [0.1, 0.15) is 17.3 Å². The van der Waals surface area contributed by atoms with Crippen molar-refractivity contribution in [1.29, 1.82) is 0 Å². The number of nitrogens with zero attached hydrogens (tertiary/aromatic N) is 1. The number of hydrogen-bond donors (Lipinski definition) is 0. The predicted octanol–water partition coefficient (Wildman–Crippen LogP) is 2.58. The number of carbonyl (C=O) groups is 1. The van der Waals surface area contributed by atoms with Crippen molar-refractivity contribution in [2.75, 3.05) is 24.6 Å². The van der Waals surface area contributed by atoms with E-state index in [1.54, 1.807) is 6.92 Å². The molecule has 0 spiro atoms. The maximum absolute atomic E-state index is 13.5. The fourth-order valence-corrected chi connectivity index (χ4v) is 2.98. The largest absolute Gasteiger partial charge is 0.292 e. The molecule has 0 aromatic heterocycles. The second-order valence-corrected chi connectivity index (χ2v) is 5.54. The van der Waals surface area contributed by atoms with Gasteiger partial charge in [-0.15, -0.1) is 0 Å². The fourth-order valence-electron chi connectivity index (χ4n) is 2.04. The Labute approximate surface area is 109 Å². The highest BCUT2D eigenvalue weighted by atomic mass is 32.2. The van der Waals surface area contributed by atoms with Crippen molar-refractivity contribution in [1.82, 2.24) is 4.90 Å². The van der Waals surface area contributed by atoms with Gasteiger partial charge in [0.25, 0.3) is 0 Å². The second-order valence-electron chi connectivity index (χ2n) is 4.31. The number of thioether (sulfide) groups is 1. The van der Waals surface area contributed by atoms with Crippen LogP contribution in [0, 0.1) is 11.6 Å². The minimum atomic E-state index is -0.779. The average Bonchev–Trinajstić information content (AvgIpc) is 2.38. The summed E-state index contributed by atoms with van der Waals surface area (Å²) in [4.78, 5) is 14.2. The first-order chi connectivity index (χ1) is 8.59. The van der Waals surface area contributed by atoms with Crippen LogP contribution in [0.4, 0.5) is 8.78 Å². The highest BCUT2D eigenvalue weighted by Gasteiger charge is 2.25. The first kappa shape index (κ1) is 13.5. The summed E-state index contributed by atoms with van der Waals surface area (Å²) in [6.07, 6.45) is 0. The van der Waals surface area contributed by atoms with Gasteiger partial charge in [0.05, 0.1) is 11.6 Å². The molecule has 1 unspecified atom stereocenters. The summed E-state index contributed by atoms with van der Waals surface area (Å²) in [5.74, 6) is 0.260. The van der Waals surface area contributed by atoms with Gasteiger partial charge >= 0.3 is 0 Å². The summed E-state index contributed by atoms with van der Waals surface area (Å²) in [7, 11) is 0. The zero-order chi connectivity index (χ0) is 13.1. The van der Waals surface area contributed by atoms with Crippen LogP contribution in [0.2, 0.25) is 0 Å². The molecule has 1 aliphatic heterocycles. The number of ketones is 1. The Morgan fingerprint density at radius 3 is 2.61 bits per heavy atom. The molecular weight excluding hydrogens is 256 g/mol. The Hall–Kier alpha value is -0.940. The molecule has 0 aliphatic carbocycles. The third-order valence-corrected chi connectivity index (χ3v) is 4.11. The van der Waals surface area contributed by atoms with Gasteiger partial charge in [0.2, 0.25) is 0 Å². The number of halogens is 2. The highest BCUT2D eigenvalue weighted by molar-refractivity contribution is 7.99. The second kappa shape index (κ2) is 5.80. The van der Waals surface area contributed by atoms with E-state index >= 15 is 0 Å². The molecule has 2 rings (SSSR count). The van der Waals surface area contributed by atoms with Crippen LogP contribution in [0.25, 0.3) is 0 Å². The predicted molar refractivity (Wildman–Crippen MR) is 69.0 cm³/mol. The number of hydrogen-bond acceptors (Lipinski definition) is 3. The maximum Gasteiger partial charge on any atom is 0.182 e. The lowest BCUT2D eigenvalue weighted by Gasteiger charge is -2.31. The number of rotatable bonds is 3. The van der Waals surface area contributed by atoms with Gasteiger partial charge in [-0.1, -0.05) is 0 Å². The van der Waals surface area contributed by atoms with E-state index < -0.39 is 11.6 Å². The molecule has 18 heavy (non-hydrogen) atoms. The van der Waals surface area contributed by atoms with Gasteiger partial charge in [0, 0.05) is 30.7 Å². The van der Waals surface area contributed by atoms with Crippen molar-refractivity contribution in [2.24, 2.45) is 0 Å². The van der Waals surface area contributed by atoms with Gasteiger partial charge in [-0.3, -0.25) is 9.69 Å². The molecule has 1 heterocycles. The molecule has 5 heteroatoms. The Morgan fingerprint density at radius 1 is 1.33 bits per heavy atom. The summed E-state index contributed by atoms with van der Waals surface area (Å²) < 4.78 is 26.3. The van der Waals surface area contributed by atoms with Crippen LogP contribution in [0.15, 0.2) is 18.2 Å². The van der Waals surface area contributed by atoms with E-state index in [0.29, 0.717) is 0 Å². The van der Waals surface area contributed by atoms with E-state index in [9.17, 15) is 13.6 Å². The summed E-state index contributed by atoms with van der Waals surface area (Å²) in [6, 6.07) is 2.74. The topological polar surface area (TPSA) is 20.3 Å². The molecule has 1 aliphatic rings. The van der Waals surface area contributed by atoms with Gasteiger partial charge in [0.1, 0.15) is 11.6 Å². The Bertz CT molecular complexity index is 447. The minimum absolute atomic E-state index is 0.0258. The fraction of sp³-hybridized carbons (Fsp3) is 0.462. The standard InChI is InChI=1S/C13H15F2NOS/c1-9(16-4-6-18-7-5-16)13(17)11-3-2-10(14)8-12(11)15/h2-3,8-9H,4-7H2,1H3. The SMILES string of the molecule is CC(C(=O)c1ccc(F)cc1F)N1CCSCC1. The Balaban J connectivity index is 2.14. The van der Waals surface area contributed by atoms with Crippen LogP contribution >= 0.6 is 11.8 Å². The average molecular weight is 271 g/mol. The molecule has 0 bridgehead atoms. The lowest BCUT2D eigenvalue weighted by molar-refractivity contribution is 0.0847. The van der Waals surface area contributed by atoms with Crippen molar-refractivity contribution in [3.8, 4) is 0 Å². The first-order valence-electron chi connectivity index (χ1n) is 5.90. The van der Waals surface area contributed by atoms with Crippen molar-refractivity contribution < 1.29 is 13.6 Å². The molecule has 0 N–H and O–H groups in total. The van der Waals surface area contributed by atoms with Crippen LogP contribution in [-0.2, 0) is 0 Å². The third-order valence-electron chi connectivity index (χ3n) is 3.17. The molecule has 0 amide bonds. The minimum Gasteiger partial charge on any atom is -0.292 e. The number of carbonyl (C=O) groups excluding carboxylic acids is 1. The summed E-state index contributed by atoms with van der Waals surface area (Å²) in [5.41, 5.74) is -0.0258. The van der Waals surface area contributed by atoms with Crippen molar-refractivity contribution in [3.63, 3.8) is 0 Å². The molecular formula is C13H15F2NOS. The molecule has 1 aromatic carbocycles. The van der Waals surface area contributed by atoms with Gasteiger partial charge < -0.3 is 0 Å². The molecule has 1 fully saturated rings. The van der Waals surface area contributed by atoms with E-state index in [1.807, 2.05) is 16.7 Å². The zero-order valence-electron chi connectivity index (χ0n) is 10.2. The Kier molecular flexibility index (Phi) is 4.35. The summed E-state index contributed by atoms with van der Waals surface area (Å²) in [6.45, 7) is 3.45. The smallest absolute Gasteiger partial charge is 0.182 e. The van der Waals surface area contributed by atoms with E-state index in [0.717, 1.165) is 36.7 Å². The molecule has 0 radical (unpaired) electrons. The van der Waals surface area contributed by atoms with E-state index in [2.05, 4.69) is 0 Å². The lowest BCUT2D eigenvalue weighted by atomic mass is 10.0. The normalized spacial score (nSPS) is 18.6. The molecule has 2 nitrogen and oxygen atoms in total. The van der Waals surface area contributed by atoms with Crippen molar-refractivity contribution in [3.05, 3.63) is 35.4 Å². The molecule has 1 atom stereocenters. The molecule has 0 saturated carbocycles. The zero-order valence-corrected chi connectivity index (χ0v) is 11.0. The molecule has 98 valence electrons. The summed E-state index contributed by atoms with van der Waals surface area (Å²) >= 11 is 1.85. The Morgan fingerprint density at radius 2 is 2.00 bits per heavy atom. The van der Waals surface area contributed by atoms with Gasteiger partial charge in [-0.2, -0.15) is 11.8 Å². The van der Waals surface area contributed by atoms with Gasteiger partial charge in [-0.05, 0) is 19.1 Å². The maximum atomic E-state index is 13.5. The monoisotopic (exact) mass is 271 g/mol. The first-order valence-corrected chi connectivity index (χ1v) is 7.06. The van der Waals surface area contributed by atoms with Gasteiger partial charge in [-0.25, -0.2) is 8.78 Å². The molecule has 1 saturated heterocycles. The van der Waals surface area contributed by atoms with Crippen LogP contribution in [0.5, 0.6) is 0 Å². The number of benzene rings is 1. The van der Waals surface area contributed by atoms with Crippen molar-refractivity contribution >= 4 is 17.5 Å². The third kappa shape index (κ3) is 2.90. The van der Waals surface area contributed by atoms with Crippen molar-refractivity contribution in [2.45, 2.75) is 13.0 Å². The quantitative estimate of drug-likeness (QED) is 0.788. The van der Waals surface area contributed by atoms with Crippen LogP contribution in [-0.4, -0.2) is 41.3 Å². The van der Waals surface area contributed by atoms with E-state index in [4.69, 9.17) is 0 Å².